The van der Waals surface area contributed by atoms with E-state index in [1.54, 1.807) is 12.1 Å². The average molecular weight is 449 g/mol. The summed E-state index contributed by atoms with van der Waals surface area (Å²) in [6.07, 6.45) is 0.496. The molecule has 0 aliphatic carbocycles. The van der Waals surface area contributed by atoms with Crippen molar-refractivity contribution in [2.45, 2.75) is 25.6 Å². The molecular formula is C21H22F3N5O3. The van der Waals surface area contributed by atoms with Crippen molar-refractivity contribution in [1.82, 2.24) is 14.7 Å². The molecular weight excluding hydrogens is 427 g/mol. The van der Waals surface area contributed by atoms with Gasteiger partial charge in [0.1, 0.15) is 0 Å². The number of hydrogen-bond donors (Lipinski definition) is 1. The van der Waals surface area contributed by atoms with Gasteiger partial charge in [-0.15, -0.1) is 0 Å². The van der Waals surface area contributed by atoms with Gasteiger partial charge in [0, 0.05) is 56.0 Å². The molecule has 2 fully saturated rings. The zero-order valence-electron chi connectivity index (χ0n) is 17.3. The molecule has 2 aliphatic rings. The highest BCUT2D eigenvalue weighted by Gasteiger charge is 2.47. The number of aliphatic carboxylic acids is 1. The first kappa shape index (κ1) is 23.3. The fourth-order valence-electron chi connectivity index (χ4n) is 4.12. The van der Waals surface area contributed by atoms with Crippen LogP contribution in [0, 0.1) is 16.7 Å². The van der Waals surface area contributed by atoms with Crippen molar-refractivity contribution in [2.75, 3.05) is 24.5 Å². The van der Waals surface area contributed by atoms with E-state index in [0.717, 1.165) is 38.3 Å². The van der Waals surface area contributed by atoms with Crippen molar-refractivity contribution in [3.63, 3.8) is 0 Å². The fourth-order valence-corrected chi connectivity index (χ4v) is 4.12. The fraction of sp³-hybridized carbons (Fsp3) is 0.429. The number of likely N-dealkylation sites (tertiary alicyclic amines) is 1. The van der Waals surface area contributed by atoms with Crippen LogP contribution in [0.1, 0.15) is 24.0 Å². The maximum Gasteiger partial charge on any atom is 0.490 e. The standard InChI is InChI=1S/C19H21N5O.C2HF3O2/c1-22-11-16(10-21-22)12-23-6-5-19(13-23)8-18(25)24(14-19)17-4-2-3-15(7-17)9-20;3-2(4,5)1(6)7/h2-4,7,10-11H,5-6,8,12-14H2,1H3;(H,6,7). The van der Waals surface area contributed by atoms with Gasteiger partial charge in [0.05, 0.1) is 17.8 Å². The number of nitriles is 1. The van der Waals surface area contributed by atoms with E-state index in [1.807, 2.05) is 41.2 Å². The van der Waals surface area contributed by atoms with Gasteiger partial charge in [-0.3, -0.25) is 14.4 Å². The second kappa shape index (κ2) is 9.00. The maximum atomic E-state index is 12.6. The second-order valence-electron chi connectivity index (χ2n) is 8.10. The molecule has 1 amide bonds. The number of nitrogens with zero attached hydrogens (tertiary/aromatic N) is 5. The molecule has 4 rings (SSSR count). The third-order valence-corrected chi connectivity index (χ3v) is 5.53. The number of carbonyl (C=O) groups excluding carboxylic acids is 1. The number of carbonyl (C=O) groups is 2. The van der Waals surface area contributed by atoms with Crippen LogP contribution in [-0.2, 0) is 23.2 Å². The molecule has 1 spiro atoms. The van der Waals surface area contributed by atoms with Gasteiger partial charge in [-0.1, -0.05) is 6.07 Å². The average Bonchev–Trinajstić information content (AvgIpc) is 3.41. The number of carboxylic acids is 1. The first-order chi connectivity index (χ1) is 15.0. The van der Waals surface area contributed by atoms with Crippen LogP contribution in [0.4, 0.5) is 18.9 Å². The molecule has 2 saturated heterocycles. The van der Waals surface area contributed by atoms with Crippen LogP contribution < -0.4 is 4.90 Å². The van der Waals surface area contributed by atoms with Gasteiger partial charge < -0.3 is 10.0 Å². The molecule has 8 nitrogen and oxygen atoms in total. The molecule has 170 valence electrons. The van der Waals surface area contributed by atoms with E-state index < -0.39 is 12.1 Å². The number of halogens is 3. The lowest BCUT2D eigenvalue weighted by Crippen LogP contribution is -2.31. The van der Waals surface area contributed by atoms with Gasteiger partial charge in [-0.05, 0) is 31.2 Å². The first-order valence-corrected chi connectivity index (χ1v) is 9.82. The Kier molecular flexibility index (Phi) is 6.55. The normalized spacial score (nSPS) is 20.8. The molecule has 1 N–H and O–H groups in total. The molecule has 2 aromatic rings. The van der Waals surface area contributed by atoms with Gasteiger partial charge in [0.25, 0.3) is 0 Å². The lowest BCUT2D eigenvalue weighted by molar-refractivity contribution is -0.192. The number of benzene rings is 1. The lowest BCUT2D eigenvalue weighted by atomic mass is 9.86. The molecule has 11 heteroatoms. The highest BCUT2D eigenvalue weighted by Crippen LogP contribution is 2.42. The quantitative estimate of drug-likeness (QED) is 0.773. The Morgan fingerprint density at radius 2 is 2.06 bits per heavy atom. The summed E-state index contributed by atoms with van der Waals surface area (Å²) in [6, 6.07) is 9.48. The monoisotopic (exact) mass is 449 g/mol. The summed E-state index contributed by atoms with van der Waals surface area (Å²) < 4.78 is 33.6. The number of rotatable bonds is 3. The Morgan fingerprint density at radius 3 is 2.66 bits per heavy atom. The van der Waals surface area contributed by atoms with Gasteiger partial charge in [-0.25, -0.2) is 4.79 Å². The summed E-state index contributed by atoms with van der Waals surface area (Å²) >= 11 is 0. The Bertz CT molecular complexity index is 1050. The van der Waals surface area contributed by atoms with Crippen LogP contribution >= 0.6 is 0 Å². The molecule has 32 heavy (non-hydrogen) atoms. The summed E-state index contributed by atoms with van der Waals surface area (Å²) in [5, 5.41) is 20.4. The molecule has 1 unspecified atom stereocenters. The Hall–Kier alpha value is -3.39. The van der Waals surface area contributed by atoms with E-state index in [1.165, 1.54) is 5.56 Å². The SMILES string of the molecule is Cn1cc(CN2CCC3(CC(=O)N(c4cccc(C#N)c4)C3)C2)cn1.O=C(O)C(F)(F)F. The third kappa shape index (κ3) is 5.45. The van der Waals surface area contributed by atoms with Gasteiger partial charge in [0.15, 0.2) is 0 Å². The molecule has 1 atom stereocenters. The predicted octanol–water partition coefficient (Wildman–Crippen LogP) is 2.55. The summed E-state index contributed by atoms with van der Waals surface area (Å²) in [4.78, 5) is 25.8. The van der Waals surface area contributed by atoms with Crippen LogP contribution in [0.3, 0.4) is 0 Å². The van der Waals surface area contributed by atoms with Gasteiger partial charge >= 0.3 is 12.1 Å². The van der Waals surface area contributed by atoms with Crippen LogP contribution in [0.25, 0.3) is 0 Å². The molecule has 0 bridgehead atoms. The Labute approximate surface area is 182 Å². The van der Waals surface area contributed by atoms with E-state index in [2.05, 4.69) is 16.1 Å². The molecule has 3 heterocycles. The second-order valence-corrected chi connectivity index (χ2v) is 8.10. The maximum absolute atomic E-state index is 12.6. The van der Waals surface area contributed by atoms with E-state index in [-0.39, 0.29) is 11.3 Å². The number of amides is 1. The summed E-state index contributed by atoms with van der Waals surface area (Å²) in [5.74, 6) is -2.59. The van der Waals surface area contributed by atoms with Crippen molar-refractivity contribution in [2.24, 2.45) is 12.5 Å². The minimum Gasteiger partial charge on any atom is -0.475 e. The molecule has 0 saturated carbocycles. The highest BCUT2D eigenvalue weighted by molar-refractivity contribution is 5.96. The zero-order chi connectivity index (χ0) is 23.5. The third-order valence-electron chi connectivity index (χ3n) is 5.53. The van der Waals surface area contributed by atoms with Crippen LogP contribution in [0.2, 0.25) is 0 Å². The van der Waals surface area contributed by atoms with E-state index in [4.69, 9.17) is 15.2 Å². The highest BCUT2D eigenvalue weighted by atomic mass is 19.4. The number of aromatic nitrogens is 2. The number of alkyl halides is 3. The van der Waals surface area contributed by atoms with Gasteiger partial charge in [0.2, 0.25) is 5.91 Å². The Morgan fingerprint density at radius 1 is 1.34 bits per heavy atom. The van der Waals surface area contributed by atoms with Crippen molar-refractivity contribution < 1.29 is 27.9 Å². The van der Waals surface area contributed by atoms with Crippen molar-refractivity contribution >= 4 is 17.6 Å². The smallest absolute Gasteiger partial charge is 0.475 e. The summed E-state index contributed by atoms with van der Waals surface area (Å²) in [5.41, 5.74) is 2.67. The van der Waals surface area contributed by atoms with Crippen LogP contribution in [0.5, 0.6) is 0 Å². The lowest BCUT2D eigenvalue weighted by Gasteiger charge is -2.24. The van der Waals surface area contributed by atoms with E-state index in [0.29, 0.717) is 12.0 Å². The Balaban J connectivity index is 0.000000360. The molecule has 0 radical (unpaired) electrons. The number of hydrogen-bond acceptors (Lipinski definition) is 5. The van der Waals surface area contributed by atoms with Crippen LogP contribution in [-0.4, -0.2) is 57.5 Å². The van der Waals surface area contributed by atoms with Crippen LogP contribution in [0.15, 0.2) is 36.7 Å². The molecule has 2 aliphatic heterocycles. The van der Waals surface area contributed by atoms with E-state index in [9.17, 15) is 18.0 Å². The molecule has 1 aromatic carbocycles. The van der Waals surface area contributed by atoms with Crippen molar-refractivity contribution in [3.8, 4) is 6.07 Å². The molecule has 1 aromatic heterocycles. The minimum absolute atomic E-state index is 0.0297. The number of carboxylic acid groups (broad SMARTS) is 1. The predicted molar refractivity (Wildman–Crippen MR) is 107 cm³/mol. The minimum atomic E-state index is -5.08. The number of aryl methyl sites for hydroxylation is 1. The number of anilines is 1. The van der Waals surface area contributed by atoms with Gasteiger partial charge in [-0.2, -0.15) is 23.5 Å². The summed E-state index contributed by atoms with van der Waals surface area (Å²) in [7, 11) is 1.93. The zero-order valence-corrected chi connectivity index (χ0v) is 17.3. The van der Waals surface area contributed by atoms with Crippen molar-refractivity contribution in [1.29, 1.82) is 5.26 Å². The topological polar surface area (TPSA) is 102 Å². The van der Waals surface area contributed by atoms with E-state index >= 15 is 0 Å². The first-order valence-electron chi connectivity index (χ1n) is 9.82. The largest absolute Gasteiger partial charge is 0.490 e. The summed E-state index contributed by atoms with van der Waals surface area (Å²) in [6.45, 7) is 3.56. The van der Waals surface area contributed by atoms with Crippen molar-refractivity contribution in [3.05, 3.63) is 47.8 Å².